The van der Waals surface area contributed by atoms with Crippen LogP contribution in [-0.2, 0) is 6.61 Å². The summed E-state index contributed by atoms with van der Waals surface area (Å²) < 4.78 is 7.36. The van der Waals surface area contributed by atoms with Crippen LogP contribution in [0.15, 0.2) is 68.6 Å². The Morgan fingerprint density at radius 3 is 2.53 bits per heavy atom. The third-order valence-electron chi connectivity index (χ3n) is 4.83. The summed E-state index contributed by atoms with van der Waals surface area (Å²) >= 11 is 6.62. The van der Waals surface area contributed by atoms with Crippen molar-refractivity contribution in [2.75, 3.05) is 0 Å². The van der Waals surface area contributed by atoms with Crippen molar-refractivity contribution in [3.8, 4) is 11.5 Å². The van der Waals surface area contributed by atoms with E-state index in [1.54, 1.807) is 24.3 Å². The average Bonchev–Trinajstić information content (AvgIpc) is 2.75. The van der Waals surface area contributed by atoms with Crippen molar-refractivity contribution in [2.45, 2.75) is 33.3 Å². The summed E-state index contributed by atoms with van der Waals surface area (Å²) in [7, 11) is 0. The largest absolute Gasteiger partial charge is 0.506 e. The van der Waals surface area contributed by atoms with Crippen molar-refractivity contribution in [3.63, 3.8) is 0 Å². The number of nitrogens with zero attached hydrogens (tertiary/aromatic N) is 1. The van der Waals surface area contributed by atoms with Crippen LogP contribution in [0.3, 0.4) is 0 Å². The van der Waals surface area contributed by atoms with E-state index in [4.69, 9.17) is 4.74 Å². The zero-order valence-corrected chi connectivity index (χ0v) is 21.2. The van der Waals surface area contributed by atoms with Gasteiger partial charge >= 0.3 is 0 Å². The Balaban J connectivity index is 1.61. The van der Waals surface area contributed by atoms with E-state index in [1.165, 1.54) is 11.8 Å². The Morgan fingerprint density at radius 1 is 1.12 bits per heavy atom. The molecule has 0 aliphatic rings. The summed E-state index contributed by atoms with van der Waals surface area (Å²) in [5.74, 6) is 0.962. The second-order valence-corrected chi connectivity index (χ2v) is 9.48. The van der Waals surface area contributed by atoms with Crippen LogP contribution in [0.4, 0.5) is 0 Å². The molecule has 0 aromatic heterocycles. The van der Waals surface area contributed by atoms with Gasteiger partial charge in [0, 0.05) is 15.6 Å². The van der Waals surface area contributed by atoms with Crippen LogP contribution >= 0.6 is 31.9 Å². The van der Waals surface area contributed by atoms with E-state index >= 15 is 0 Å². The summed E-state index contributed by atoms with van der Waals surface area (Å²) in [6.45, 7) is 6.75. The summed E-state index contributed by atoms with van der Waals surface area (Å²) in [6, 6.07) is 16.9. The number of carbonyl (C=O) groups excluding carboxylic acids is 1. The quantitative estimate of drug-likeness (QED) is 0.250. The van der Waals surface area contributed by atoms with Crippen LogP contribution in [0.1, 0.15) is 52.4 Å². The average molecular weight is 560 g/mol. The molecule has 2 N–H and O–H groups in total. The smallest absolute Gasteiger partial charge is 0.271 e. The second kappa shape index (κ2) is 10.8. The van der Waals surface area contributed by atoms with Gasteiger partial charge in [-0.25, -0.2) is 5.43 Å². The minimum Gasteiger partial charge on any atom is -0.506 e. The van der Waals surface area contributed by atoms with Crippen LogP contribution in [0, 0.1) is 6.92 Å². The molecular formula is C25H24Br2N2O3. The van der Waals surface area contributed by atoms with Crippen LogP contribution in [0.5, 0.6) is 11.5 Å². The Bertz CT molecular complexity index is 1140. The van der Waals surface area contributed by atoms with Gasteiger partial charge in [0.2, 0.25) is 0 Å². The number of hydrogen-bond donors (Lipinski definition) is 2. The molecule has 32 heavy (non-hydrogen) atoms. The van der Waals surface area contributed by atoms with Gasteiger partial charge in [-0.15, -0.1) is 0 Å². The van der Waals surface area contributed by atoms with Gasteiger partial charge in [-0.05, 0) is 75.8 Å². The maximum atomic E-state index is 12.4. The van der Waals surface area contributed by atoms with Gasteiger partial charge in [0.05, 0.1) is 10.7 Å². The molecule has 0 saturated carbocycles. The fourth-order valence-electron chi connectivity index (χ4n) is 3.07. The Hall–Kier alpha value is -2.64. The molecule has 3 aromatic carbocycles. The van der Waals surface area contributed by atoms with Gasteiger partial charge in [0.25, 0.3) is 5.91 Å². The van der Waals surface area contributed by atoms with E-state index in [9.17, 15) is 9.90 Å². The molecule has 0 unspecified atom stereocenters. The van der Waals surface area contributed by atoms with Crippen molar-refractivity contribution in [1.29, 1.82) is 0 Å². The highest BCUT2D eigenvalue weighted by atomic mass is 79.9. The third-order valence-corrected chi connectivity index (χ3v) is 5.89. The SMILES string of the molecule is Cc1ccc(C(C)C)c(OCc2ccc(C(=O)N/N=C\c3cc(Br)cc(Br)c3O)cc2)c1. The number of rotatable bonds is 7. The molecular weight excluding hydrogens is 536 g/mol. The Labute approximate surface area is 204 Å². The van der Waals surface area contributed by atoms with Gasteiger partial charge in [-0.1, -0.05) is 54.0 Å². The van der Waals surface area contributed by atoms with E-state index in [1.807, 2.05) is 19.1 Å². The van der Waals surface area contributed by atoms with Crippen molar-refractivity contribution in [3.05, 3.63) is 91.4 Å². The predicted octanol–water partition coefficient (Wildman–Crippen LogP) is 6.69. The zero-order valence-electron chi connectivity index (χ0n) is 18.0. The summed E-state index contributed by atoms with van der Waals surface area (Å²) in [5, 5.41) is 14.0. The summed E-state index contributed by atoms with van der Waals surface area (Å²) in [5.41, 5.74) is 6.71. The molecule has 7 heteroatoms. The highest BCUT2D eigenvalue weighted by Crippen LogP contribution is 2.30. The molecule has 0 spiro atoms. The van der Waals surface area contributed by atoms with E-state index in [0.717, 1.165) is 21.3 Å². The maximum Gasteiger partial charge on any atom is 0.271 e. The minimum atomic E-state index is -0.344. The first-order valence-electron chi connectivity index (χ1n) is 10.1. The lowest BCUT2D eigenvalue weighted by atomic mass is 10.0. The molecule has 0 aliphatic carbocycles. The second-order valence-electron chi connectivity index (χ2n) is 7.71. The molecule has 3 aromatic rings. The number of benzene rings is 3. The lowest BCUT2D eigenvalue weighted by Gasteiger charge is -2.15. The topological polar surface area (TPSA) is 70.9 Å². The highest BCUT2D eigenvalue weighted by Gasteiger charge is 2.10. The lowest BCUT2D eigenvalue weighted by molar-refractivity contribution is 0.0955. The van der Waals surface area contributed by atoms with Gasteiger partial charge in [-0.2, -0.15) is 5.10 Å². The minimum absolute atomic E-state index is 0.0461. The van der Waals surface area contributed by atoms with Gasteiger partial charge in [0.1, 0.15) is 18.1 Å². The molecule has 5 nitrogen and oxygen atoms in total. The van der Waals surface area contributed by atoms with Gasteiger partial charge in [-0.3, -0.25) is 4.79 Å². The number of ether oxygens (including phenoxy) is 1. The lowest BCUT2D eigenvalue weighted by Crippen LogP contribution is -2.17. The highest BCUT2D eigenvalue weighted by molar-refractivity contribution is 9.11. The van der Waals surface area contributed by atoms with Crippen molar-refractivity contribution < 1.29 is 14.6 Å². The molecule has 0 fully saturated rings. The monoisotopic (exact) mass is 558 g/mol. The number of hydrogen-bond acceptors (Lipinski definition) is 4. The number of phenolic OH excluding ortho intramolecular Hbond substituents is 1. The molecule has 0 atom stereocenters. The maximum absolute atomic E-state index is 12.4. The third kappa shape index (κ3) is 6.20. The first-order valence-corrected chi connectivity index (χ1v) is 11.7. The number of aryl methyl sites for hydroxylation is 1. The van der Waals surface area contributed by atoms with E-state index in [2.05, 4.69) is 74.4 Å². The molecule has 0 radical (unpaired) electrons. The Kier molecular flexibility index (Phi) is 8.10. The summed E-state index contributed by atoms with van der Waals surface area (Å²) in [6.07, 6.45) is 1.39. The van der Waals surface area contributed by atoms with E-state index < -0.39 is 0 Å². The van der Waals surface area contributed by atoms with Gasteiger partial charge in [0.15, 0.2) is 0 Å². The predicted molar refractivity (Wildman–Crippen MR) is 135 cm³/mol. The number of aromatic hydroxyl groups is 1. The summed E-state index contributed by atoms with van der Waals surface area (Å²) in [4.78, 5) is 12.4. The number of nitrogens with one attached hydrogen (secondary N) is 1. The molecule has 166 valence electrons. The fourth-order valence-corrected chi connectivity index (χ4v) is 4.32. The molecule has 0 saturated heterocycles. The number of carbonyl (C=O) groups is 1. The van der Waals surface area contributed by atoms with E-state index in [0.29, 0.717) is 28.1 Å². The molecule has 3 rings (SSSR count). The standard InChI is InChI=1S/C25H24Br2N2O3/c1-15(2)21-9-4-16(3)10-23(21)32-14-17-5-7-18(8-6-17)25(31)29-28-13-19-11-20(26)12-22(27)24(19)30/h4-13,15,30H,14H2,1-3H3,(H,29,31)/b28-13-. The molecule has 0 bridgehead atoms. The molecule has 1 amide bonds. The van der Waals surface area contributed by atoms with Crippen LogP contribution in [0.2, 0.25) is 0 Å². The number of hydrazone groups is 1. The fraction of sp³-hybridized carbons (Fsp3) is 0.200. The normalized spacial score (nSPS) is 11.2. The van der Waals surface area contributed by atoms with Crippen molar-refractivity contribution in [1.82, 2.24) is 5.43 Å². The number of phenols is 1. The first kappa shape index (κ1) is 24.0. The first-order chi connectivity index (χ1) is 15.2. The van der Waals surface area contributed by atoms with Gasteiger partial charge < -0.3 is 9.84 Å². The molecule has 0 heterocycles. The van der Waals surface area contributed by atoms with Crippen molar-refractivity contribution >= 4 is 44.0 Å². The van der Waals surface area contributed by atoms with Crippen LogP contribution in [0.25, 0.3) is 0 Å². The number of halogens is 2. The zero-order chi connectivity index (χ0) is 23.3. The van der Waals surface area contributed by atoms with Crippen LogP contribution < -0.4 is 10.2 Å². The molecule has 0 aliphatic heterocycles. The Morgan fingerprint density at radius 2 is 1.84 bits per heavy atom. The number of amides is 1. The van der Waals surface area contributed by atoms with Crippen LogP contribution in [-0.4, -0.2) is 17.2 Å². The van der Waals surface area contributed by atoms with E-state index in [-0.39, 0.29) is 11.7 Å². The van der Waals surface area contributed by atoms with Crippen molar-refractivity contribution in [2.24, 2.45) is 5.10 Å².